The Kier molecular flexibility index (Phi) is 5.29. The lowest BCUT2D eigenvalue weighted by Gasteiger charge is -2.24. The van der Waals surface area contributed by atoms with Gasteiger partial charge in [0, 0.05) is 18.9 Å². The second-order valence-electron chi connectivity index (χ2n) is 6.60. The van der Waals surface area contributed by atoms with E-state index in [2.05, 4.69) is 10.2 Å². The molecule has 1 aliphatic rings. The van der Waals surface area contributed by atoms with Gasteiger partial charge in [-0.1, -0.05) is 6.07 Å². The maximum atomic E-state index is 12.8. The first-order valence-corrected chi connectivity index (χ1v) is 8.52. The van der Waals surface area contributed by atoms with E-state index in [9.17, 15) is 18.0 Å². The molecule has 0 N–H and O–H groups in total. The number of aromatic nitrogens is 3. The number of carbonyl (C=O) groups is 1. The van der Waals surface area contributed by atoms with Crippen molar-refractivity contribution in [3.63, 3.8) is 0 Å². The Morgan fingerprint density at radius 2 is 1.96 bits per heavy atom. The van der Waals surface area contributed by atoms with Crippen molar-refractivity contribution >= 4 is 6.29 Å². The van der Waals surface area contributed by atoms with E-state index in [1.165, 1.54) is 12.1 Å². The molecule has 26 heavy (non-hydrogen) atoms. The van der Waals surface area contributed by atoms with Crippen LogP contribution in [0.3, 0.4) is 0 Å². The normalized spacial score (nSPS) is 20.8. The van der Waals surface area contributed by atoms with Crippen LogP contribution in [0.5, 0.6) is 5.75 Å². The molecule has 0 radical (unpaired) electrons. The Morgan fingerprint density at radius 3 is 2.62 bits per heavy atom. The Morgan fingerprint density at radius 1 is 1.23 bits per heavy atom. The van der Waals surface area contributed by atoms with Crippen LogP contribution in [-0.2, 0) is 24.6 Å². The third kappa shape index (κ3) is 4.05. The van der Waals surface area contributed by atoms with Crippen molar-refractivity contribution in [2.75, 3.05) is 0 Å². The summed E-state index contributed by atoms with van der Waals surface area (Å²) >= 11 is 0. The van der Waals surface area contributed by atoms with Gasteiger partial charge in [-0.15, -0.1) is 10.2 Å². The summed E-state index contributed by atoms with van der Waals surface area (Å²) in [5, 5.41) is 8.34. The Balaban J connectivity index is 1.65. The molecule has 5 nitrogen and oxygen atoms in total. The quantitative estimate of drug-likeness (QED) is 0.753. The summed E-state index contributed by atoms with van der Waals surface area (Å²) in [6.07, 6.45) is 0.0564. The summed E-state index contributed by atoms with van der Waals surface area (Å²) in [7, 11) is 1.83. The van der Waals surface area contributed by atoms with Crippen molar-refractivity contribution in [3.05, 3.63) is 41.5 Å². The first-order valence-electron chi connectivity index (χ1n) is 8.52. The fourth-order valence-corrected chi connectivity index (χ4v) is 3.28. The number of rotatable bonds is 5. The topological polar surface area (TPSA) is 57.0 Å². The van der Waals surface area contributed by atoms with Gasteiger partial charge >= 0.3 is 6.18 Å². The fourth-order valence-electron chi connectivity index (χ4n) is 3.28. The minimum absolute atomic E-state index is 0.0362. The molecule has 0 saturated heterocycles. The van der Waals surface area contributed by atoms with Crippen LogP contribution >= 0.6 is 0 Å². The number of alkyl halides is 3. The van der Waals surface area contributed by atoms with Gasteiger partial charge in [0.2, 0.25) is 0 Å². The highest BCUT2D eigenvalue weighted by Gasteiger charge is 2.30. The zero-order chi connectivity index (χ0) is 18.7. The van der Waals surface area contributed by atoms with Crippen molar-refractivity contribution < 1.29 is 22.7 Å². The highest BCUT2D eigenvalue weighted by atomic mass is 19.4. The number of aldehydes is 1. The van der Waals surface area contributed by atoms with Crippen LogP contribution in [0.15, 0.2) is 24.3 Å². The lowest BCUT2D eigenvalue weighted by atomic mass is 9.82. The smallest absolute Gasteiger partial charge is 0.416 e. The van der Waals surface area contributed by atoms with Crippen molar-refractivity contribution in [1.82, 2.24) is 14.8 Å². The average molecular weight is 367 g/mol. The number of halogens is 3. The third-order valence-corrected chi connectivity index (χ3v) is 4.86. The molecule has 0 bridgehead atoms. The van der Waals surface area contributed by atoms with E-state index in [1.807, 2.05) is 11.6 Å². The van der Waals surface area contributed by atoms with Gasteiger partial charge in [0.05, 0.1) is 5.56 Å². The number of benzene rings is 1. The predicted molar refractivity (Wildman–Crippen MR) is 87.5 cm³/mol. The van der Waals surface area contributed by atoms with E-state index < -0.39 is 11.7 Å². The largest absolute Gasteiger partial charge is 0.486 e. The minimum Gasteiger partial charge on any atom is -0.486 e. The molecule has 1 saturated carbocycles. The Bertz CT molecular complexity index is 765. The molecule has 1 aliphatic carbocycles. The van der Waals surface area contributed by atoms with Crippen LogP contribution in [0.2, 0.25) is 0 Å². The van der Waals surface area contributed by atoms with E-state index in [4.69, 9.17) is 4.74 Å². The lowest BCUT2D eigenvalue weighted by Crippen LogP contribution is -2.17. The number of nitrogens with zero attached hydrogens (tertiary/aromatic N) is 3. The molecule has 3 rings (SSSR count). The van der Waals surface area contributed by atoms with Gasteiger partial charge in [-0.2, -0.15) is 13.2 Å². The van der Waals surface area contributed by atoms with E-state index in [1.54, 1.807) is 0 Å². The van der Waals surface area contributed by atoms with Gasteiger partial charge < -0.3 is 14.1 Å². The molecule has 2 aromatic rings. The number of hydrogen-bond acceptors (Lipinski definition) is 4. The zero-order valence-corrected chi connectivity index (χ0v) is 14.4. The van der Waals surface area contributed by atoms with Crippen molar-refractivity contribution in [1.29, 1.82) is 0 Å². The second-order valence-corrected chi connectivity index (χ2v) is 6.60. The molecule has 0 amide bonds. The van der Waals surface area contributed by atoms with Crippen LogP contribution in [-0.4, -0.2) is 21.1 Å². The molecule has 1 aromatic carbocycles. The maximum Gasteiger partial charge on any atom is 0.416 e. The molecule has 0 aliphatic heterocycles. The van der Waals surface area contributed by atoms with Crippen molar-refractivity contribution in [2.24, 2.45) is 13.0 Å². The summed E-state index contributed by atoms with van der Waals surface area (Å²) in [6, 6.07) is 4.76. The molecule has 0 unspecified atom stereocenters. The van der Waals surface area contributed by atoms with Crippen LogP contribution in [0.4, 0.5) is 13.2 Å². The second kappa shape index (κ2) is 7.47. The van der Waals surface area contributed by atoms with Gasteiger partial charge in [-0.25, -0.2) is 0 Å². The standard InChI is InChI=1S/C18H20F3N3O2/c1-24-16(11-26-15-4-2-3-14(9-15)18(19,20)21)22-23-17(24)13-7-5-12(10-25)6-8-13/h2-4,9-10,12-13H,5-8,11H2,1H3. The van der Waals surface area contributed by atoms with Crippen LogP contribution in [0.1, 0.15) is 48.8 Å². The Labute approximate surface area is 149 Å². The molecular formula is C18H20F3N3O2. The van der Waals surface area contributed by atoms with E-state index in [0.717, 1.165) is 49.9 Å². The predicted octanol–water partition coefficient (Wildman–Crippen LogP) is 3.89. The maximum absolute atomic E-state index is 12.8. The number of hydrogen-bond donors (Lipinski definition) is 0. The molecule has 1 heterocycles. The summed E-state index contributed by atoms with van der Waals surface area (Å²) in [6.45, 7) is 0.0362. The van der Waals surface area contributed by atoms with E-state index >= 15 is 0 Å². The van der Waals surface area contributed by atoms with Gasteiger partial charge in [0.15, 0.2) is 5.82 Å². The summed E-state index contributed by atoms with van der Waals surface area (Å²) in [4.78, 5) is 10.9. The first-order chi connectivity index (χ1) is 12.4. The lowest BCUT2D eigenvalue weighted by molar-refractivity contribution is -0.137. The van der Waals surface area contributed by atoms with Gasteiger partial charge in [0.25, 0.3) is 0 Å². The number of carbonyl (C=O) groups excluding carboxylic acids is 1. The van der Waals surface area contributed by atoms with Crippen molar-refractivity contribution in [2.45, 2.75) is 44.4 Å². The highest BCUT2D eigenvalue weighted by Crippen LogP contribution is 2.34. The van der Waals surface area contributed by atoms with E-state index in [-0.39, 0.29) is 24.2 Å². The summed E-state index contributed by atoms with van der Waals surface area (Å²) in [5.74, 6) is 1.89. The first kappa shape index (κ1) is 18.4. The summed E-state index contributed by atoms with van der Waals surface area (Å²) < 4.78 is 45.6. The molecule has 1 aromatic heterocycles. The van der Waals surface area contributed by atoms with Crippen molar-refractivity contribution in [3.8, 4) is 5.75 Å². The third-order valence-electron chi connectivity index (χ3n) is 4.86. The van der Waals surface area contributed by atoms with Gasteiger partial charge in [-0.05, 0) is 43.9 Å². The molecule has 140 valence electrons. The molecule has 0 spiro atoms. The zero-order valence-electron chi connectivity index (χ0n) is 14.4. The average Bonchev–Trinajstić information content (AvgIpc) is 3.00. The summed E-state index contributed by atoms with van der Waals surface area (Å²) in [5.41, 5.74) is -0.749. The monoisotopic (exact) mass is 367 g/mol. The molecule has 0 atom stereocenters. The fraction of sp³-hybridized carbons (Fsp3) is 0.500. The SMILES string of the molecule is Cn1c(COc2cccc(C(F)(F)F)c2)nnc1C1CCC(C=O)CC1. The van der Waals surface area contributed by atoms with Crippen LogP contribution in [0.25, 0.3) is 0 Å². The van der Waals surface area contributed by atoms with Crippen LogP contribution < -0.4 is 4.74 Å². The van der Waals surface area contributed by atoms with Gasteiger partial charge in [-0.3, -0.25) is 0 Å². The van der Waals surface area contributed by atoms with Gasteiger partial charge in [0.1, 0.15) is 24.5 Å². The van der Waals surface area contributed by atoms with E-state index in [0.29, 0.717) is 5.82 Å². The molecule has 1 fully saturated rings. The number of ether oxygens (including phenoxy) is 1. The minimum atomic E-state index is -4.41. The molecular weight excluding hydrogens is 347 g/mol. The molecule has 8 heteroatoms. The Hall–Kier alpha value is -2.38. The highest BCUT2D eigenvalue weighted by molar-refractivity contribution is 5.53. The van der Waals surface area contributed by atoms with Crippen LogP contribution in [0, 0.1) is 5.92 Å².